The van der Waals surface area contributed by atoms with Gasteiger partial charge in [-0.25, -0.2) is 0 Å². The van der Waals surface area contributed by atoms with Crippen LogP contribution in [0.25, 0.3) is 0 Å². The third-order valence-electron chi connectivity index (χ3n) is 2.61. The third kappa shape index (κ3) is 3.10. The molecule has 2 N–H and O–H groups in total. The minimum Gasteiger partial charge on any atom is -0.480 e. The van der Waals surface area contributed by atoms with Crippen molar-refractivity contribution in [3.05, 3.63) is 24.2 Å². The molecular formula is C12H19NO3. The standard InChI is InChI=1S/C12H19NO3/c1-4-9(10-6-5-7-16-10)13-11(8(2)3)12(14)15/h5-9,11,13H,4H2,1-3H3,(H,14,15). The molecule has 4 nitrogen and oxygen atoms in total. The van der Waals surface area contributed by atoms with E-state index in [9.17, 15) is 4.79 Å². The van der Waals surface area contributed by atoms with E-state index in [1.54, 1.807) is 6.26 Å². The van der Waals surface area contributed by atoms with Crippen LogP contribution in [-0.4, -0.2) is 17.1 Å². The summed E-state index contributed by atoms with van der Waals surface area (Å²) in [7, 11) is 0. The number of hydrogen-bond donors (Lipinski definition) is 2. The van der Waals surface area contributed by atoms with Gasteiger partial charge in [-0.1, -0.05) is 20.8 Å². The first-order valence-corrected chi connectivity index (χ1v) is 5.58. The predicted molar refractivity (Wildman–Crippen MR) is 61.1 cm³/mol. The van der Waals surface area contributed by atoms with Crippen LogP contribution in [-0.2, 0) is 4.79 Å². The van der Waals surface area contributed by atoms with E-state index < -0.39 is 12.0 Å². The van der Waals surface area contributed by atoms with Crippen LogP contribution >= 0.6 is 0 Å². The highest BCUT2D eigenvalue weighted by Crippen LogP contribution is 2.19. The Morgan fingerprint density at radius 2 is 2.25 bits per heavy atom. The second-order valence-corrected chi connectivity index (χ2v) is 4.20. The summed E-state index contributed by atoms with van der Waals surface area (Å²) in [6.07, 6.45) is 2.40. The molecule has 1 rings (SSSR count). The van der Waals surface area contributed by atoms with Crippen LogP contribution in [0.1, 0.15) is 39.0 Å². The Morgan fingerprint density at radius 1 is 1.56 bits per heavy atom. The molecule has 0 saturated carbocycles. The van der Waals surface area contributed by atoms with Crippen molar-refractivity contribution in [1.29, 1.82) is 0 Å². The molecule has 0 radical (unpaired) electrons. The lowest BCUT2D eigenvalue weighted by Crippen LogP contribution is -2.42. The van der Waals surface area contributed by atoms with E-state index in [1.165, 1.54) is 0 Å². The molecule has 0 amide bonds. The molecule has 0 fully saturated rings. The molecule has 90 valence electrons. The van der Waals surface area contributed by atoms with Crippen molar-refractivity contribution < 1.29 is 14.3 Å². The molecule has 1 aromatic rings. The van der Waals surface area contributed by atoms with Crippen LogP contribution in [0.5, 0.6) is 0 Å². The van der Waals surface area contributed by atoms with Gasteiger partial charge in [-0.2, -0.15) is 0 Å². The number of carboxylic acids is 1. The highest BCUT2D eigenvalue weighted by molar-refractivity contribution is 5.73. The van der Waals surface area contributed by atoms with E-state index in [-0.39, 0.29) is 12.0 Å². The van der Waals surface area contributed by atoms with Crippen molar-refractivity contribution in [2.45, 2.75) is 39.3 Å². The molecule has 0 aromatic carbocycles. The fourth-order valence-corrected chi connectivity index (χ4v) is 1.66. The van der Waals surface area contributed by atoms with Crippen molar-refractivity contribution in [1.82, 2.24) is 5.32 Å². The first-order chi connectivity index (χ1) is 7.56. The molecule has 2 atom stereocenters. The molecule has 1 aromatic heterocycles. The van der Waals surface area contributed by atoms with Crippen LogP contribution in [0.4, 0.5) is 0 Å². The Hall–Kier alpha value is -1.29. The Labute approximate surface area is 95.7 Å². The van der Waals surface area contributed by atoms with Gasteiger partial charge in [0.15, 0.2) is 0 Å². The van der Waals surface area contributed by atoms with Gasteiger partial charge in [0, 0.05) is 0 Å². The molecule has 0 aliphatic heterocycles. The summed E-state index contributed by atoms with van der Waals surface area (Å²) in [5, 5.41) is 12.2. The average Bonchev–Trinajstić information content (AvgIpc) is 2.71. The maximum absolute atomic E-state index is 11.1. The first-order valence-electron chi connectivity index (χ1n) is 5.58. The summed E-state index contributed by atoms with van der Waals surface area (Å²) in [5.41, 5.74) is 0. The maximum atomic E-state index is 11.1. The summed E-state index contributed by atoms with van der Waals surface area (Å²) in [5.74, 6) is 0.0101. The van der Waals surface area contributed by atoms with E-state index in [0.29, 0.717) is 0 Å². The monoisotopic (exact) mass is 225 g/mol. The summed E-state index contributed by atoms with van der Waals surface area (Å²) < 4.78 is 5.29. The van der Waals surface area contributed by atoms with E-state index in [2.05, 4.69) is 5.32 Å². The largest absolute Gasteiger partial charge is 0.480 e. The number of nitrogens with one attached hydrogen (secondary N) is 1. The lowest BCUT2D eigenvalue weighted by molar-refractivity contribution is -0.141. The molecule has 0 spiro atoms. The molecule has 0 bridgehead atoms. The van der Waals surface area contributed by atoms with E-state index in [4.69, 9.17) is 9.52 Å². The molecule has 0 aliphatic rings. The van der Waals surface area contributed by atoms with Crippen molar-refractivity contribution in [3.8, 4) is 0 Å². The van der Waals surface area contributed by atoms with Gasteiger partial charge in [0.2, 0.25) is 0 Å². The van der Waals surface area contributed by atoms with Crippen LogP contribution < -0.4 is 5.32 Å². The fourth-order valence-electron chi connectivity index (χ4n) is 1.66. The molecule has 0 saturated heterocycles. The summed E-state index contributed by atoms with van der Waals surface area (Å²) >= 11 is 0. The maximum Gasteiger partial charge on any atom is 0.320 e. The Bertz CT molecular complexity index is 319. The van der Waals surface area contributed by atoms with Crippen LogP contribution in [0, 0.1) is 5.92 Å². The molecule has 4 heteroatoms. The molecule has 2 unspecified atom stereocenters. The van der Waals surface area contributed by atoms with Gasteiger partial charge < -0.3 is 9.52 Å². The quantitative estimate of drug-likeness (QED) is 0.780. The van der Waals surface area contributed by atoms with Gasteiger partial charge in [-0.05, 0) is 24.5 Å². The van der Waals surface area contributed by atoms with Crippen LogP contribution in [0.3, 0.4) is 0 Å². The van der Waals surface area contributed by atoms with Gasteiger partial charge in [-0.3, -0.25) is 10.1 Å². The Kier molecular flexibility index (Phi) is 4.55. The number of carboxylic acid groups (broad SMARTS) is 1. The van der Waals surface area contributed by atoms with Gasteiger partial charge in [0.25, 0.3) is 0 Å². The SMILES string of the molecule is CCC(NC(C(=O)O)C(C)C)c1ccco1. The second-order valence-electron chi connectivity index (χ2n) is 4.20. The summed E-state index contributed by atoms with van der Waals surface area (Å²) in [6, 6.07) is 3.08. The van der Waals surface area contributed by atoms with Gasteiger partial charge in [0.05, 0.1) is 12.3 Å². The zero-order valence-electron chi connectivity index (χ0n) is 9.93. The van der Waals surface area contributed by atoms with Crippen molar-refractivity contribution >= 4 is 5.97 Å². The lowest BCUT2D eigenvalue weighted by atomic mass is 10.0. The zero-order chi connectivity index (χ0) is 12.1. The number of hydrogen-bond acceptors (Lipinski definition) is 3. The number of rotatable bonds is 6. The minimum atomic E-state index is -0.819. The zero-order valence-corrected chi connectivity index (χ0v) is 9.93. The van der Waals surface area contributed by atoms with Gasteiger partial charge in [-0.15, -0.1) is 0 Å². The molecule has 1 heterocycles. The van der Waals surface area contributed by atoms with Crippen molar-refractivity contribution in [3.63, 3.8) is 0 Å². The molecule has 16 heavy (non-hydrogen) atoms. The highest BCUT2D eigenvalue weighted by Gasteiger charge is 2.25. The Balaban J connectivity index is 2.72. The Morgan fingerprint density at radius 3 is 2.62 bits per heavy atom. The molecule has 0 aliphatic carbocycles. The smallest absolute Gasteiger partial charge is 0.320 e. The number of furan rings is 1. The minimum absolute atomic E-state index is 0.0431. The third-order valence-corrected chi connectivity index (χ3v) is 2.61. The fraction of sp³-hybridized carbons (Fsp3) is 0.583. The summed E-state index contributed by atoms with van der Waals surface area (Å²) in [6.45, 7) is 5.78. The van der Waals surface area contributed by atoms with Crippen molar-refractivity contribution in [2.24, 2.45) is 5.92 Å². The van der Waals surface area contributed by atoms with Crippen LogP contribution in [0.2, 0.25) is 0 Å². The second kappa shape index (κ2) is 5.70. The normalized spacial score (nSPS) is 15.0. The lowest BCUT2D eigenvalue weighted by Gasteiger charge is -2.23. The predicted octanol–water partition coefficient (Wildman–Crippen LogP) is 2.43. The topological polar surface area (TPSA) is 62.5 Å². The van der Waals surface area contributed by atoms with E-state index in [0.717, 1.165) is 12.2 Å². The average molecular weight is 225 g/mol. The van der Waals surface area contributed by atoms with Gasteiger partial charge >= 0.3 is 5.97 Å². The van der Waals surface area contributed by atoms with Crippen LogP contribution in [0.15, 0.2) is 22.8 Å². The van der Waals surface area contributed by atoms with E-state index >= 15 is 0 Å². The number of aliphatic carboxylic acids is 1. The first kappa shape index (κ1) is 12.8. The van der Waals surface area contributed by atoms with Crippen molar-refractivity contribution in [2.75, 3.05) is 0 Å². The van der Waals surface area contributed by atoms with Gasteiger partial charge in [0.1, 0.15) is 11.8 Å². The van der Waals surface area contributed by atoms with E-state index in [1.807, 2.05) is 32.9 Å². The highest BCUT2D eigenvalue weighted by atomic mass is 16.4. The number of carbonyl (C=O) groups is 1. The molecular weight excluding hydrogens is 206 g/mol. The summed E-state index contributed by atoms with van der Waals surface area (Å²) in [4.78, 5) is 11.1.